The Morgan fingerprint density at radius 1 is 0.462 bits per heavy atom. The number of nitrogens with zero attached hydrogens (tertiary/aromatic N) is 1. The van der Waals surface area contributed by atoms with E-state index in [0.29, 0.717) is 72.7 Å². The van der Waals surface area contributed by atoms with Crippen molar-refractivity contribution in [1.29, 1.82) is 0 Å². The lowest BCUT2D eigenvalue weighted by Gasteiger charge is -2.33. The van der Waals surface area contributed by atoms with E-state index in [1.807, 2.05) is 13.8 Å². The molecule has 0 aromatic carbocycles. The van der Waals surface area contributed by atoms with Gasteiger partial charge in [-0.05, 0) is 26.7 Å². The number of hydrogen-bond acceptors (Lipinski definition) is 10. The van der Waals surface area contributed by atoms with Gasteiger partial charge in [-0.2, -0.15) is 0 Å². The van der Waals surface area contributed by atoms with Gasteiger partial charge < -0.3 is 51.7 Å². The predicted molar refractivity (Wildman–Crippen MR) is 213 cm³/mol. The van der Waals surface area contributed by atoms with Gasteiger partial charge in [0.1, 0.15) is 6.10 Å². The van der Waals surface area contributed by atoms with E-state index in [4.69, 9.17) is 47.2 Å². The summed E-state index contributed by atoms with van der Waals surface area (Å²) in [5.41, 5.74) is 0. The maximum Gasteiger partial charge on any atom is 0.501 e. The summed E-state index contributed by atoms with van der Waals surface area (Å²) < 4.78 is 47.7. The molecule has 52 heavy (non-hydrogen) atoms. The number of aliphatic hydroxyl groups is 2. The maximum absolute atomic E-state index is 9.01. The van der Waals surface area contributed by atoms with Crippen LogP contribution in [0.15, 0.2) is 0 Å². The molecular weight excluding hydrogens is 683 g/mol. The zero-order valence-corrected chi connectivity index (χ0v) is 35.7. The molecule has 0 aromatic rings. The van der Waals surface area contributed by atoms with Crippen LogP contribution >= 0.6 is 0 Å². The molecule has 0 saturated heterocycles. The molecule has 0 saturated carbocycles. The monoisotopic (exact) mass is 769 g/mol. The van der Waals surface area contributed by atoms with E-state index in [-0.39, 0.29) is 25.9 Å². The summed E-state index contributed by atoms with van der Waals surface area (Å²) in [4.78, 5) is 0. The average Bonchev–Trinajstić information content (AvgIpc) is 3.12. The van der Waals surface area contributed by atoms with Crippen molar-refractivity contribution in [2.45, 2.75) is 142 Å². The second-order valence-corrected chi connectivity index (χ2v) is 17.2. The summed E-state index contributed by atoms with van der Waals surface area (Å²) in [6.45, 7) is 13.2. The molecule has 0 fully saturated rings. The number of aliphatic hydroxyl groups excluding tert-OH is 2. The van der Waals surface area contributed by atoms with Gasteiger partial charge in [0.15, 0.2) is 0 Å². The van der Waals surface area contributed by atoms with E-state index >= 15 is 0 Å². The zero-order valence-electron chi connectivity index (χ0n) is 34.7. The normalized spacial score (nSPS) is 13.0. The Kier molecular flexibility index (Phi) is 38.9. The minimum Gasteiger partial charge on any atom is -0.394 e. The Morgan fingerprint density at radius 2 is 0.885 bits per heavy atom. The van der Waals surface area contributed by atoms with Crippen LogP contribution in [0.4, 0.5) is 0 Å². The van der Waals surface area contributed by atoms with Crippen molar-refractivity contribution in [2.75, 3.05) is 120 Å². The summed E-state index contributed by atoms with van der Waals surface area (Å²) in [7, 11) is 1.88. The third-order valence-electron chi connectivity index (χ3n) is 9.17. The standard InChI is InChI=1S/C40H86NO10Si/c1-6-9-10-11-12-13-14-15-16-17-18-19-20-21-22-23-25-41(4,5)26-24-37-52(49-7-2,50-8-3)51-36-34-45-33-35-48-40(38-46-30-28-43)39-47-32-31-44-29-27-42/h40,42-43H,6-39H2,1-5H3/q+1. The van der Waals surface area contributed by atoms with Crippen LogP contribution in [-0.2, 0) is 37.0 Å². The lowest BCUT2D eigenvalue weighted by atomic mass is 10.0. The molecule has 0 aliphatic carbocycles. The van der Waals surface area contributed by atoms with Crippen LogP contribution in [0.5, 0.6) is 0 Å². The molecule has 0 aliphatic heterocycles. The fraction of sp³-hybridized carbons (Fsp3) is 1.00. The number of hydrogen-bond donors (Lipinski definition) is 2. The topological polar surface area (TPSA) is 114 Å². The summed E-state index contributed by atoms with van der Waals surface area (Å²) in [6.07, 6.45) is 23.1. The Balaban J connectivity index is 4.20. The molecule has 0 radical (unpaired) electrons. The van der Waals surface area contributed by atoms with Crippen LogP contribution in [-0.4, -0.2) is 149 Å². The first-order valence-corrected chi connectivity index (χ1v) is 23.2. The second-order valence-electron chi connectivity index (χ2n) is 14.5. The van der Waals surface area contributed by atoms with E-state index < -0.39 is 8.80 Å². The molecule has 0 rings (SSSR count). The molecule has 12 heteroatoms. The Morgan fingerprint density at radius 3 is 1.42 bits per heavy atom. The highest BCUT2D eigenvalue weighted by Gasteiger charge is 2.40. The van der Waals surface area contributed by atoms with Crippen molar-refractivity contribution in [3.05, 3.63) is 0 Å². The maximum atomic E-state index is 9.01. The van der Waals surface area contributed by atoms with Gasteiger partial charge in [0.2, 0.25) is 0 Å². The molecular formula is C40H86NO10Si+. The molecule has 314 valence electrons. The first-order chi connectivity index (χ1) is 25.4. The molecule has 2 N–H and O–H groups in total. The van der Waals surface area contributed by atoms with Gasteiger partial charge in [0, 0.05) is 25.7 Å². The van der Waals surface area contributed by atoms with Crippen molar-refractivity contribution >= 4 is 8.80 Å². The van der Waals surface area contributed by atoms with Crippen molar-refractivity contribution in [2.24, 2.45) is 0 Å². The molecule has 0 aliphatic rings. The van der Waals surface area contributed by atoms with Crippen LogP contribution in [0.25, 0.3) is 0 Å². The Hall–Kier alpha value is -0.223. The zero-order chi connectivity index (χ0) is 38.3. The van der Waals surface area contributed by atoms with Crippen LogP contribution < -0.4 is 0 Å². The number of rotatable bonds is 44. The van der Waals surface area contributed by atoms with Crippen molar-refractivity contribution < 1.29 is 51.7 Å². The van der Waals surface area contributed by atoms with E-state index in [1.54, 1.807) is 0 Å². The van der Waals surface area contributed by atoms with Gasteiger partial charge in [-0.3, -0.25) is 0 Å². The minimum atomic E-state index is -2.80. The highest BCUT2D eigenvalue weighted by molar-refractivity contribution is 6.60. The van der Waals surface area contributed by atoms with Crippen molar-refractivity contribution in [3.8, 4) is 0 Å². The van der Waals surface area contributed by atoms with Crippen LogP contribution in [0.1, 0.15) is 130 Å². The van der Waals surface area contributed by atoms with Crippen LogP contribution in [0, 0.1) is 0 Å². The van der Waals surface area contributed by atoms with Gasteiger partial charge in [0.05, 0.1) is 106 Å². The van der Waals surface area contributed by atoms with Gasteiger partial charge >= 0.3 is 8.80 Å². The smallest absolute Gasteiger partial charge is 0.394 e. The lowest BCUT2D eigenvalue weighted by Crippen LogP contribution is -2.48. The largest absolute Gasteiger partial charge is 0.501 e. The van der Waals surface area contributed by atoms with Crippen LogP contribution in [0.2, 0.25) is 6.04 Å². The van der Waals surface area contributed by atoms with Crippen LogP contribution in [0.3, 0.4) is 0 Å². The highest BCUT2D eigenvalue weighted by Crippen LogP contribution is 2.20. The lowest BCUT2D eigenvalue weighted by molar-refractivity contribution is -0.890. The molecule has 1 unspecified atom stereocenters. The van der Waals surface area contributed by atoms with Crippen molar-refractivity contribution in [3.63, 3.8) is 0 Å². The third kappa shape index (κ3) is 34.3. The van der Waals surface area contributed by atoms with E-state index in [2.05, 4.69) is 21.0 Å². The summed E-state index contributed by atoms with van der Waals surface area (Å²) in [5.74, 6) is 0. The van der Waals surface area contributed by atoms with Gasteiger partial charge in [0.25, 0.3) is 0 Å². The molecule has 1 atom stereocenters. The summed E-state index contributed by atoms with van der Waals surface area (Å²) in [6, 6.07) is 0.805. The first-order valence-electron chi connectivity index (χ1n) is 21.3. The van der Waals surface area contributed by atoms with E-state index in [1.165, 1.54) is 109 Å². The molecule has 0 heterocycles. The molecule has 11 nitrogen and oxygen atoms in total. The molecule has 0 amide bonds. The van der Waals surface area contributed by atoms with E-state index in [0.717, 1.165) is 23.5 Å². The molecule has 0 bridgehead atoms. The predicted octanol–water partition coefficient (Wildman–Crippen LogP) is 7.18. The summed E-state index contributed by atoms with van der Waals surface area (Å²) in [5, 5.41) is 17.8. The fourth-order valence-electron chi connectivity index (χ4n) is 6.26. The Labute approximate surface area is 321 Å². The van der Waals surface area contributed by atoms with Gasteiger partial charge in [-0.1, -0.05) is 96.8 Å². The minimum absolute atomic E-state index is 0.0103. The molecule has 0 aromatic heterocycles. The average molecular weight is 769 g/mol. The summed E-state index contributed by atoms with van der Waals surface area (Å²) >= 11 is 0. The molecule has 0 spiro atoms. The van der Waals surface area contributed by atoms with Gasteiger partial charge in [-0.25, -0.2) is 0 Å². The quantitative estimate of drug-likeness (QED) is 0.0376. The highest BCUT2D eigenvalue weighted by atomic mass is 28.4. The first kappa shape index (κ1) is 51.8. The Bertz CT molecular complexity index is 703. The number of quaternary nitrogens is 1. The number of unbranched alkanes of at least 4 members (excludes halogenated alkanes) is 15. The van der Waals surface area contributed by atoms with Crippen molar-refractivity contribution in [1.82, 2.24) is 0 Å². The van der Waals surface area contributed by atoms with E-state index in [9.17, 15) is 0 Å². The number of ether oxygens (including phenoxy) is 5. The second kappa shape index (κ2) is 39.0. The van der Waals surface area contributed by atoms with Gasteiger partial charge in [-0.15, -0.1) is 0 Å². The third-order valence-corrected chi connectivity index (χ3v) is 12.2. The fourth-order valence-corrected chi connectivity index (χ4v) is 8.81. The SMILES string of the molecule is CCCCCCCCCCCCCCCCCC[N+](C)(C)CCC[Si](OCC)(OCC)OCCOCCOC(COCCO)COCCOCCO.